The highest BCUT2D eigenvalue weighted by Crippen LogP contribution is 2.43. The van der Waals surface area contributed by atoms with Crippen LogP contribution < -0.4 is 4.57 Å². The van der Waals surface area contributed by atoms with E-state index in [0.29, 0.717) is 0 Å². The van der Waals surface area contributed by atoms with E-state index in [4.69, 9.17) is 6.85 Å². The zero-order chi connectivity index (χ0) is 26.9. The molecular weight excluding hydrogens is 386 g/mol. The monoisotopic (exact) mass is 425 g/mol. The Labute approximate surface area is 199 Å². The minimum absolute atomic E-state index is 0.0671. The lowest BCUT2D eigenvalue weighted by Crippen LogP contribution is -2.33. The van der Waals surface area contributed by atoms with Gasteiger partial charge < -0.3 is 0 Å². The van der Waals surface area contributed by atoms with E-state index in [1.807, 2.05) is 32.4 Å². The number of nitrogens with zero attached hydrogens (tertiary/aromatic N) is 1. The first kappa shape index (κ1) is 15.8. The molecule has 1 nitrogen and oxygen atoms in total. The van der Waals surface area contributed by atoms with Crippen molar-refractivity contribution >= 4 is 10.8 Å². The van der Waals surface area contributed by atoms with Gasteiger partial charge in [0.25, 0.3) is 0 Å². The molecule has 0 aliphatic heterocycles. The van der Waals surface area contributed by atoms with Crippen molar-refractivity contribution in [2.75, 3.05) is 0 Å². The fraction of sp³-hybridized carbons (Fsp3) is 0.323. The second kappa shape index (κ2) is 7.59. The minimum Gasteiger partial charge on any atom is -0.201 e. The van der Waals surface area contributed by atoms with Gasteiger partial charge in [-0.05, 0) is 82.6 Å². The topological polar surface area (TPSA) is 3.88 Å². The van der Waals surface area contributed by atoms with Crippen LogP contribution in [0.5, 0.6) is 0 Å². The normalized spacial score (nSPS) is 16.3. The largest absolute Gasteiger partial charge is 0.213 e. The van der Waals surface area contributed by atoms with Crippen LogP contribution in [0.2, 0.25) is 0 Å². The molecule has 1 heteroatoms. The molecule has 0 unspecified atom stereocenters. The van der Waals surface area contributed by atoms with E-state index in [1.165, 1.54) is 33.0 Å². The van der Waals surface area contributed by atoms with E-state index >= 15 is 0 Å². The molecule has 3 aromatic carbocycles. The third-order valence-corrected chi connectivity index (χ3v) is 6.49. The van der Waals surface area contributed by atoms with Crippen LogP contribution in [0.1, 0.15) is 55.4 Å². The van der Waals surface area contributed by atoms with Crippen molar-refractivity contribution < 1.29 is 11.4 Å². The lowest BCUT2D eigenvalue weighted by Gasteiger charge is -2.25. The van der Waals surface area contributed by atoms with Gasteiger partial charge in [0, 0.05) is 18.5 Å². The van der Waals surface area contributed by atoms with Gasteiger partial charge in [-0.15, -0.1) is 0 Å². The minimum atomic E-state index is -2.42. The Morgan fingerprint density at radius 2 is 1.78 bits per heavy atom. The maximum absolute atomic E-state index is 9.01. The van der Waals surface area contributed by atoms with Crippen LogP contribution in [0.4, 0.5) is 0 Å². The molecule has 0 N–H and O–H groups in total. The van der Waals surface area contributed by atoms with E-state index in [0.717, 1.165) is 29.7 Å². The van der Waals surface area contributed by atoms with Crippen molar-refractivity contribution in [1.82, 2.24) is 0 Å². The van der Waals surface area contributed by atoms with E-state index in [9.17, 15) is 0 Å². The van der Waals surface area contributed by atoms with Crippen LogP contribution in [0, 0.1) is 19.2 Å². The summed E-state index contributed by atoms with van der Waals surface area (Å²) in [7, 11) is 1.87. The number of aromatic nitrogens is 1. The number of pyridine rings is 1. The number of fused-ring (bicyclic) bond motifs is 5. The van der Waals surface area contributed by atoms with E-state index in [-0.39, 0.29) is 11.1 Å². The lowest BCUT2D eigenvalue weighted by atomic mass is 9.79. The Bertz CT molecular complexity index is 1540. The van der Waals surface area contributed by atoms with Crippen molar-refractivity contribution in [1.29, 1.82) is 0 Å². The molecule has 1 aliphatic rings. The number of hydrogen-bond donors (Lipinski definition) is 0. The van der Waals surface area contributed by atoms with E-state index in [2.05, 4.69) is 55.5 Å². The van der Waals surface area contributed by atoms with Crippen molar-refractivity contribution in [3.05, 3.63) is 88.6 Å². The standard InChI is InChI=1S/C31H34N/c1-20-11-15-27-26(16-14-23-13-12-22-9-7-8-10-25(22)30(23)27)29(20)28-17-24(18-31(3,4)5)21(2)19-32(28)6/h7-13,15,17,19H,14,16,18H2,1-6H3/q+1/i2D3,18D2. The van der Waals surface area contributed by atoms with E-state index < -0.39 is 18.6 Å². The Morgan fingerprint density at radius 3 is 2.56 bits per heavy atom. The number of aryl methyl sites for hydroxylation is 4. The third-order valence-electron chi connectivity index (χ3n) is 6.49. The molecule has 1 aliphatic carbocycles. The maximum Gasteiger partial charge on any atom is 0.213 e. The molecule has 4 aromatic rings. The summed E-state index contributed by atoms with van der Waals surface area (Å²) >= 11 is 0. The molecular formula is C31H34N+. The van der Waals surface area contributed by atoms with Gasteiger partial charge in [-0.25, -0.2) is 4.57 Å². The Hall–Kier alpha value is -2.93. The smallest absolute Gasteiger partial charge is 0.201 e. The highest BCUT2D eigenvalue weighted by Gasteiger charge is 2.27. The Kier molecular flexibility index (Phi) is 3.75. The zero-order valence-corrected chi connectivity index (χ0v) is 19.6. The SMILES string of the molecule is [2H]C([2H])([2H])c1c[n+](C)c(-c2c(C)ccc3c2CCc2ccc4ccccc4c2-3)cc1C([2H])([2H])C(C)(C)C. The van der Waals surface area contributed by atoms with Crippen LogP contribution in [0.25, 0.3) is 33.2 Å². The van der Waals surface area contributed by atoms with Gasteiger partial charge in [-0.3, -0.25) is 0 Å². The predicted molar refractivity (Wildman–Crippen MR) is 136 cm³/mol. The summed E-state index contributed by atoms with van der Waals surface area (Å²) in [6.45, 7) is 5.12. The molecule has 0 atom stereocenters. The van der Waals surface area contributed by atoms with Gasteiger partial charge in [0.15, 0.2) is 6.20 Å². The molecule has 0 radical (unpaired) electrons. The Balaban J connectivity index is 1.83. The van der Waals surface area contributed by atoms with Crippen LogP contribution in [-0.4, -0.2) is 0 Å². The fourth-order valence-corrected chi connectivity index (χ4v) is 5.12. The summed E-state index contributed by atoms with van der Waals surface area (Å²) in [5.41, 5.74) is 7.59. The van der Waals surface area contributed by atoms with Gasteiger partial charge >= 0.3 is 0 Å². The van der Waals surface area contributed by atoms with Crippen LogP contribution >= 0.6 is 0 Å². The summed E-state index contributed by atoms with van der Waals surface area (Å²) in [5, 5.41) is 2.45. The molecule has 0 fully saturated rings. The molecule has 1 heterocycles. The van der Waals surface area contributed by atoms with Crippen molar-refractivity contribution in [3.63, 3.8) is 0 Å². The highest BCUT2D eigenvalue weighted by atomic mass is 14.9. The zero-order valence-electron chi connectivity index (χ0n) is 24.6. The van der Waals surface area contributed by atoms with Crippen molar-refractivity contribution in [3.8, 4) is 22.4 Å². The lowest BCUT2D eigenvalue weighted by molar-refractivity contribution is -0.660. The maximum atomic E-state index is 9.01. The van der Waals surface area contributed by atoms with Crippen molar-refractivity contribution in [2.45, 2.75) is 53.8 Å². The summed E-state index contributed by atoms with van der Waals surface area (Å²) in [4.78, 5) is 0. The molecule has 0 saturated heterocycles. The quantitative estimate of drug-likeness (QED) is 0.297. The molecule has 0 spiro atoms. The van der Waals surface area contributed by atoms with Gasteiger partial charge in [0.1, 0.15) is 7.05 Å². The molecule has 0 amide bonds. The molecule has 1 aromatic heterocycles. The molecule has 5 rings (SSSR count). The van der Waals surface area contributed by atoms with Gasteiger partial charge in [0.05, 0.1) is 5.56 Å². The van der Waals surface area contributed by atoms with Gasteiger partial charge in [-0.1, -0.05) is 69.3 Å². The molecule has 162 valence electrons. The first-order valence-corrected chi connectivity index (χ1v) is 11.4. The van der Waals surface area contributed by atoms with Gasteiger partial charge in [0.2, 0.25) is 5.69 Å². The van der Waals surface area contributed by atoms with E-state index in [1.54, 1.807) is 12.3 Å². The first-order valence-electron chi connectivity index (χ1n) is 13.9. The highest BCUT2D eigenvalue weighted by molar-refractivity contribution is 6.00. The Morgan fingerprint density at radius 1 is 0.969 bits per heavy atom. The summed E-state index contributed by atoms with van der Waals surface area (Å²) in [5.74, 6) is 0. The summed E-state index contributed by atoms with van der Waals surface area (Å²) < 4.78 is 44.4. The summed E-state index contributed by atoms with van der Waals surface area (Å²) in [6.07, 6.45) is 1.58. The van der Waals surface area contributed by atoms with Crippen molar-refractivity contribution in [2.24, 2.45) is 12.5 Å². The van der Waals surface area contributed by atoms with Crippen LogP contribution in [0.15, 0.2) is 60.8 Å². The average molecular weight is 426 g/mol. The predicted octanol–water partition coefficient (Wildman–Crippen LogP) is 7.30. The second-order valence-corrected chi connectivity index (χ2v) is 10.1. The number of rotatable bonds is 2. The average Bonchev–Trinajstić information content (AvgIpc) is 2.82. The van der Waals surface area contributed by atoms with Crippen LogP contribution in [-0.2, 0) is 26.3 Å². The molecule has 32 heavy (non-hydrogen) atoms. The summed E-state index contributed by atoms with van der Waals surface area (Å²) in [6, 6.07) is 19.1. The molecule has 0 saturated carbocycles. The molecule has 0 bridgehead atoms. The fourth-order valence-electron chi connectivity index (χ4n) is 5.12. The third kappa shape index (κ3) is 3.54. The number of hydrogen-bond acceptors (Lipinski definition) is 0. The second-order valence-electron chi connectivity index (χ2n) is 10.1. The van der Waals surface area contributed by atoms with Crippen LogP contribution in [0.3, 0.4) is 0 Å². The van der Waals surface area contributed by atoms with Gasteiger partial charge in [-0.2, -0.15) is 0 Å². The first-order chi connectivity index (χ1) is 17.2. The number of benzene rings is 3.